The minimum absolute atomic E-state index is 0.0745. The minimum atomic E-state index is -1.24. The van der Waals surface area contributed by atoms with Gasteiger partial charge in [-0.2, -0.15) is 0 Å². The van der Waals surface area contributed by atoms with Crippen molar-refractivity contribution in [1.29, 1.82) is 0 Å². The summed E-state index contributed by atoms with van der Waals surface area (Å²) in [6, 6.07) is 42.8. The Balaban J connectivity index is 1.15. The lowest BCUT2D eigenvalue weighted by Gasteiger charge is -2.26. The molecule has 0 amide bonds. The van der Waals surface area contributed by atoms with Gasteiger partial charge in [0.2, 0.25) is 0 Å². The third kappa shape index (κ3) is 10.5. The van der Waals surface area contributed by atoms with Crippen LogP contribution in [0.25, 0.3) is 0 Å². The highest BCUT2D eigenvalue weighted by Crippen LogP contribution is 2.33. The van der Waals surface area contributed by atoms with Crippen molar-refractivity contribution in [2.24, 2.45) is 0 Å². The number of hydrogen-bond donors (Lipinski definition) is 0. The molecule has 59 heavy (non-hydrogen) atoms. The van der Waals surface area contributed by atoms with Gasteiger partial charge in [0.05, 0.1) is 35.5 Å². The molecule has 0 unspecified atom stereocenters. The molecule has 0 radical (unpaired) electrons. The fourth-order valence-electron chi connectivity index (χ4n) is 6.63. The Morgan fingerprint density at radius 2 is 0.831 bits per heavy atom. The standard InChI is InChI=1S/C46H42O13/c1-51-45-40(59-44(50)34-25-15-6-16-26-34)38(58-43(49)33-23-13-5-14-24-33)36(55-45)29-54-46-39(52-27-30-17-7-2-8-18-30)37(57-42(48)32-21-11-4-12-22-32)35(56-46)28-53-41(47)31-19-9-3-10-20-31/h2-26,35-40,45-46H,27-29H2,1H3/t35-,36-,37-,38-,39+,40+,45+,46+/m1/s1. The van der Waals surface area contributed by atoms with E-state index in [9.17, 15) is 19.2 Å². The Morgan fingerprint density at radius 3 is 1.31 bits per heavy atom. The summed E-state index contributed by atoms with van der Waals surface area (Å²) in [5, 5.41) is 0. The van der Waals surface area contributed by atoms with E-state index in [4.69, 9.17) is 42.6 Å². The molecule has 7 rings (SSSR count). The van der Waals surface area contributed by atoms with E-state index in [1.165, 1.54) is 7.11 Å². The fraction of sp³-hybridized carbons (Fsp3) is 0.261. The average Bonchev–Trinajstić information content (AvgIpc) is 3.80. The molecule has 0 spiro atoms. The van der Waals surface area contributed by atoms with Crippen molar-refractivity contribution in [3.63, 3.8) is 0 Å². The summed E-state index contributed by atoms with van der Waals surface area (Å²) in [5.41, 5.74) is 1.94. The van der Waals surface area contributed by atoms with E-state index in [0.29, 0.717) is 5.56 Å². The first kappa shape index (κ1) is 41.0. The molecule has 2 aliphatic heterocycles. The van der Waals surface area contributed by atoms with Crippen molar-refractivity contribution in [3.05, 3.63) is 179 Å². The van der Waals surface area contributed by atoms with Crippen LogP contribution in [0.1, 0.15) is 47.0 Å². The molecule has 2 saturated heterocycles. The summed E-state index contributed by atoms with van der Waals surface area (Å²) >= 11 is 0. The van der Waals surface area contributed by atoms with E-state index in [0.717, 1.165) is 5.56 Å². The molecule has 2 heterocycles. The topological polar surface area (TPSA) is 151 Å². The second-order valence-corrected chi connectivity index (χ2v) is 13.6. The predicted octanol–water partition coefficient (Wildman–Crippen LogP) is 6.22. The van der Waals surface area contributed by atoms with Crippen molar-refractivity contribution in [2.45, 2.75) is 55.8 Å². The van der Waals surface area contributed by atoms with E-state index in [-0.39, 0.29) is 36.5 Å². The lowest BCUT2D eigenvalue weighted by Crippen LogP contribution is -2.44. The van der Waals surface area contributed by atoms with Crippen molar-refractivity contribution < 1.29 is 61.8 Å². The maximum absolute atomic E-state index is 13.6. The summed E-state index contributed by atoms with van der Waals surface area (Å²) in [6.07, 6.45) is -9.17. The zero-order valence-electron chi connectivity index (χ0n) is 32.0. The lowest BCUT2D eigenvalue weighted by atomic mass is 10.1. The van der Waals surface area contributed by atoms with Crippen LogP contribution in [0, 0.1) is 0 Å². The Morgan fingerprint density at radius 1 is 0.441 bits per heavy atom. The van der Waals surface area contributed by atoms with Crippen molar-refractivity contribution >= 4 is 23.9 Å². The number of esters is 4. The van der Waals surface area contributed by atoms with Crippen LogP contribution in [0.5, 0.6) is 0 Å². The third-order valence-electron chi connectivity index (χ3n) is 9.62. The summed E-state index contributed by atoms with van der Waals surface area (Å²) in [5.74, 6) is -2.66. The summed E-state index contributed by atoms with van der Waals surface area (Å²) in [4.78, 5) is 53.4. The molecule has 8 atom stereocenters. The summed E-state index contributed by atoms with van der Waals surface area (Å²) in [6.45, 7) is -0.561. The van der Waals surface area contributed by atoms with Gasteiger partial charge in [-0.15, -0.1) is 0 Å². The van der Waals surface area contributed by atoms with Crippen LogP contribution < -0.4 is 0 Å². The second-order valence-electron chi connectivity index (χ2n) is 13.6. The number of carbonyl (C=O) groups excluding carboxylic acids is 4. The van der Waals surface area contributed by atoms with Gasteiger partial charge in [-0.3, -0.25) is 0 Å². The first-order valence-corrected chi connectivity index (χ1v) is 19.0. The van der Waals surface area contributed by atoms with Gasteiger partial charge in [0.1, 0.15) is 24.9 Å². The maximum atomic E-state index is 13.6. The van der Waals surface area contributed by atoms with Crippen LogP contribution in [0.4, 0.5) is 0 Å². The van der Waals surface area contributed by atoms with Gasteiger partial charge in [0, 0.05) is 7.11 Å². The van der Waals surface area contributed by atoms with Gasteiger partial charge >= 0.3 is 23.9 Å². The molecule has 304 valence electrons. The molecule has 0 aromatic heterocycles. The second kappa shape index (κ2) is 20.0. The SMILES string of the molecule is CO[C@H]1O[C@H](CO[C@H]2O[C@H](COC(=O)c3ccccc3)[C@@H](OC(=O)c3ccccc3)[C@@H]2OCc2ccccc2)[C@@H](OC(=O)c2ccccc2)[C@@H]1OC(=O)c1ccccc1. The number of benzene rings is 5. The van der Waals surface area contributed by atoms with Crippen LogP contribution >= 0.6 is 0 Å². The molecule has 13 heteroatoms. The van der Waals surface area contributed by atoms with Crippen LogP contribution in [-0.4, -0.2) is 93.4 Å². The molecule has 5 aromatic carbocycles. The molecule has 2 aliphatic rings. The highest BCUT2D eigenvalue weighted by Gasteiger charge is 2.53. The molecule has 0 N–H and O–H groups in total. The Bertz CT molecular complexity index is 2120. The van der Waals surface area contributed by atoms with Gasteiger partial charge in [0.15, 0.2) is 30.9 Å². The monoisotopic (exact) mass is 802 g/mol. The normalized spacial score (nSPS) is 23.5. The van der Waals surface area contributed by atoms with Gasteiger partial charge < -0.3 is 42.6 Å². The van der Waals surface area contributed by atoms with Crippen LogP contribution in [-0.2, 0) is 49.2 Å². The zero-order chi connectivity index (χ0) is 41.0. The number of hydrogen-bond acceptors (Lipinski definition) is 13. The fourth-order valence-corrected chi connectivity index (χ4v) is 6.63. The largest absolute Gasteiger partial charge is 0.459 e. The highest BCUT2D eigenvalue weighted by molar-refractivity contribution is 5.91. The van der Waals surface area contributed by atoms with E-state index in [1.807, 2.05) is 30.3 Å². The first-order valence-electron chi connectivity index (χ1n) is 19.0. The van der Waals surface area contributed by atoms with Crippen molar-refractivity contribution in [1.82, 2.24) is 0 Å². The molecule has 0 saturated carbocycles. The van der Waals surface area contributed by atoms with Crippen LogP contribution in [0.2, 0.25) is 0 Å². The number of methoxy groups -OCH3 is 1. The first-order chi connectivity index (χ1) is 28.9. The maximum Gasteiger partial charge on any atom is 0.338 e. The van der Waals surface area contributed by atoms with Gasteiger partial charge in [-0.1, -0.05) is 103 Å². The summed E-state index contributed by atoms with van der Waals surface area (Å²) in [7, 11) is 1.37. The van der Waals surface area contributed by atoms with E-state index in [1.54, 1.807) is 121 Å². The van der Waals surface area contributed by atoms with Crippen LogP contribution in [0.3, 0.4) is 0 Å². The van der Waals surface area contributed by atoms with Gasteiger partial charge in [0.25, 0.3) is 0 Å². The smallest absolute Gasteiger partial charge is 0.338 e. The van der Waals surface area contributed by atoms with E-state index in [2.05, 4.69) is 0 Å². The Kier molecular flexibility index (Phi) is 13.9. The van der Waals surface area contributed by atoms with Crippen LogP contribution in [0.15, 0.2) is 152 Å². The molecule has 0 bridgehead atoms. The summed E-state index contributed by atoms with van der Waals surface area (Å²) < 4.78 is 54.6. The average molecular weight is 803 g/mol. The predicted molar refractivity (Wildman–Crippen MR) is 209 cm³/mol. The molecule has 0 aliphatic carbocycles. The molecule has 5 aromatic rings. The molecular formula is C46H42O13. The van der Waals surface area contributed by atoms with E-state index >= 15 is 0 Å². The molecule has 2 fully saturated rings. The van der Waals surface area contributed by atoms with E-state index < -0.39 is 73.1 Å². The highest BCUT2D eigenvalue weighted by atomic mass is 16.8. The minimum Gasteiger partial charge on any atom is -0.459 e. The quantitative estimate of drug-likeness (QED) is 0.0821. The number of ether oxygens (including phenoxy) is 9. The zero-order valence-corrected chi connectivity index (χ0v) is 32.0. The van der Waals surface area contributed by atoms with Gasteiger partial charge in [-0.25, -0.2) is 19.2 Å². The number of carbonyl (C=O) groups is 4. The molecular weight excluding hydrogens is 760 g/mol. The van der Waals surface area contributed by atoms with Gasteiger partial charge in [-0.05, 0) is 54.1 Å². The Hall–Kier alpha value is -6.22. The van der Waals surface area contributed by atoms with Crippen molar-refractivity contribution in [3.8, 4) is 0 Å². The Labute approximate surface area is 340 Å². The van der Waals surface area contributed by atoms with Crippen molar-refractivity contribution in [2.75, 3.05) is 20.3 Å². The molecule has 13 nitrogen and oxygen atoms in total. The third-order valence-corrected chi connectivity index (χ3v) is 9.62. The number of rotatable bonds is 16. The lowest BCUT2D eigenvalue weighted by molar-refractivity contribution is -0.209.